The molecule has 160 valence electrons. The number of carbonyl (C=O) groups is 2. The van der Waals surface area contributed by atoms with E-state index in [4.69, 9.17) is 9.47 Å². The van der Waals surface area contributed by atoms with Gasteiger partial charge in [-0.2, -0.15) is 0 Å². The third-order valence-electron chi connectivity index (χ3n) is 6.25. The second-order valence-corrected chi connectivity index (χ2v) is 8.77. The molecule has 0 aliphatic heterocycles. The zero-order valence-corrected chi connectivity index (χ0v) is 18.4. The minimum absolute atomic E-state index is 0.129. The first-order valence-electron chi connectivity index (χ1n) is 10.8. The molecule has 1 aliphatic rings. The highest BCUT2D eigenvalue weighted by Gasteiger charge is 2.56. The summed E-state index contributed by atoms with van der Waals surface area (Å²) in [5, 5.41) is 0. The van der Waals surface area contributed by atoms with Crippen LogP contribution in [-0.4, -0.2) is 24.6 Å². The lowest BCUT2D eigenvalue weighted by molar-refractivity contribution is -0.165. The summed E-state index contributed by atoms with van der Waals surface area (Å²) < 4.78 is 11.8. The van der Waals surface area contributed by atoms with E-state index in [0.29, 0.717) is 25.0 Å². The molecule has 0 spiro atoms. The monoisotopic (exact) mass is 408 g/mol. The summed E-state index contributed by atoms with van der Waals surface area (Å²) in [7, 11) is 0. The standard InChI is InChI=1S/C26H32O4/c1-18(2)17-29-25(28)26(20(4)21-12-6-5-7-13-21)16-10-15-23(26)30-24(27)22-14-9-8-11-19(22)3/h5-9,11-14,18,20,23H,10,15-17H2,1-4H3. The van der Waals surface area contributed by atoms with Gasteiger partial charge in [0, 0.05) is 5.92 Å². The number of esters is 2. The SMILES string of the molecule is Cc1ccccc1C(=O)OC1CCCC1(C(=O)OCC(C)C)C(C)c1ccccc1. The minimum atomic E-state index is -0.880. The van der Waals surface area contributed by atoms with E-state index in [-0.39, 0.29) is 23.8 Å². The van der Waals surface area contributed by atoms with Crippen LogP contribution in [0.3, 0.4) is 0 Å². The normalized spacial score (nSPS) is 22.0. The van der Waals surface area contributed by atoms with E-state index in [9.17, 15) is 9.59 Å². The Morgan fingerprint density at radius 2 is 1.70 bits per heavy atom. The number of rotatable bonds is 7. The Balaban J connectivity index is 1.94. The molecule has 2 aromatic rings. The molecule has 0 amide bonds. The van der Waals surface area contributed by atoms with Gasteiger partial charge in [0.25, 0.3) is 0 Å². The third-order valence-corrected chi connectivity index (χ3v) is 6.25. The maximum atomic E-state index is 13.5. The second-order valence-electron chi connectivity index (χ2n) is 8.77. The van der Waals surface area contributed by atoms with Crippen molar-refractivity contribution < 1.29 is 19.1 Å². The molecule has 2 aromatic carbocycles. The second kappa shape index (κ2) is 9.46. The quantitative estimate of drug-likeness (QED) is 0.552. The fourth-order valence-corrected chi connectivity index (χ4v) is 4.48. The summed E-state index contributed by atoms with van der Waals surface area (Å²) in [5.41, 5.74) is 1.58. The summed E-state index contributed by atoms with van der Waals surface area (Å²) in [6.07, 6.45) is 1.61. The first-order valence-corrected chi connectivity index (χ1v) is 10.8. The summed E-state index contributed by atoms with van der Waals surface area (Å²) >= 11 is 0. The molecule has 1 aliphatic carbocycles. The first kappa shape index (κ1) is 22.1. The van der Waals surface area contributed by atoms with Crippen LogP contribution in [0.4, 0.5) is 0 Å². The molecule has 0 radical (unpaired) electrons. The number of carbonyl (C=O) groups excluding carboxylic acids is 2. The van der Waals surface area contributed by atoms with Crippen LogP contribution < -0.4 is 0 Å². The third kappa shape index (κ3) is 4.43. The predicted octanol–water partition coefficient (Wildman–Crippen LogP) is 5.69. The zero-order valence-electron chi connectivity index (χ0n) is 18.4. The molecule has 0 heterocycles. The zero-order chi connectivity index (χ0) is 21.7. The van der Waals surface area contributed by atoms with Crippen molar-refractivity contribution in [3.63, 3.8) is 0 Å². The topological polar surface area (TPSA) is 52.6 Å². The molecule has 0 aromatic heterocycles. The average molecular weight is 409 g/mol. The fourth-order valence-electron chi connectivity index (χ4n) is 4.48. The Morgan fingerprint density at radius 3 is 2.37 bits per heavy atom. The van der Waals surface area contributed by atoms with Crippen LogP contribution >= 0.6 is 0 Å². The maximum absolute atomic E-state index is 13.5. The van der Waals surface area contributed by atoms with Crippen molar-refractivity contribution in [1.82, 2.24) is 0 Å². The van der Waals surface area contributed by atoms with E-state index in [1.54, 1.807) is 6.07 Å². The van der Waals surface area contributed by atoms with Gasteiger partial charge in [-0.3, -0.25) is 4.79 Å². The smallest absolute Gasteiger partial charge is 0.338 e. The van der Waals surface area contributed by atoms with Gasteiger partial charge in [0.15, 0.2) is 0 Å². The molecule has 0 bridgehead atoms. The Labute approximate surface area is 179 Å². The number of hydrogen-bond acceptors (Lipinski definition) is 4. The van der Waals surface area contributed by atoms with Crippen LogP contribution in [0.15, 0.2) is 54.6 Å². The van der Waals surface area contributed by atoms with E-state index in [1.165, 1.54) is 0 Å². The average Bonchev–Trinajstić information content (AvgIpc) is 3.16. The van der Waals surface area contributed by atoms with Crippen molar-refractivity contribution in [3.05, 3.63) is 71.3 Å². The molecule has 0 saturated heterocycles. The first-order chi connectivity index (χ1) is 14.4. The molecule has 4 heteroatoms. The van der Waals surface area contributed by atoms with Gasteiger partial charge in [0.2, 0.25) is 0 Å². The van der Waals surface area contributed by atoms with Gasteiger partial charge in [-0.1, -0.05) is 69.3 Å². The Kier molecular flexibility index (Phi) is 6.96. The largest absolute Gasteiger partial charge is 0.465 e. The fraction of sp³-hybridized carbons (Fsp3) is 0.462. The minimum Gasteiger partial charge on any atom is -0.465 e. The molecule has 30 heavy (non-hydrogen) atoms. The molecule has 4 nitrogen and oxygen atoms in total. The van der Waals surface area contributed by atoms with Crippen molar-refractivity contribution >= 4 is 11.9 Å². The van der Waals surface area contributed by atoms with Crippen LogP contribution in [0.5, 0.6) is 0 Å². The highest BCUT2D eigenvalue weighted by Crippen LogP contribution is 2.51. The lowest BCUT2D eigenvalue weighted by atomic mass is 9.70. The van der Waals surface area contributed by atoms with Gasteiger partial charge in [-0.25, -0.2) is 4.79 Å². The van der Waals surface area contributed by atoms with E-state index < -0.39 is 11.5 Å². The van der Waals surface area contributed by atoms with Crippen LogP contribution in [0, 0.1) is 18.3 Å². The van der Waals surface area contributed by atoms with Crippen LogP contribution in [0.2, 0.25) is 0 Å². The highest BCUT2D eigenvalue weighted by atomic mass is 16.6. The van der Waals surface area contributed by atoms with Gasteiger partial charge in [0.05, 0.1) is 12.2 Å². The molecule has 3 rings (SSSR count). The Bertz CT molecular complexity index is 874. The van der Waals surface area contributed by atoms with E-state index in [2.05, 4.69) is 0 Å². The van der Waals surface area contributed by atoms with Crippen LogP contribution in [0.25, 0.3) is 0 Å². The molecular formula is C26H32O4. The summed E-state index contributed by atoms with van der Waals surface area (Å²) in [4.78, 5) is 26.5. The van der Waals surface area contributed by atoms with Gasteiger partial charge in [-0.05, 0) is 49.3 Å². The summed E-state index contributed by atoms with van der Waals surface area (Å²) in [6.45, 7) is 8.34. The van der Waals surface area contributed by atoms with Gasteiger partial charge in [-0.15, -0.1) is 0 Å². The molecular weight excluding hydrogens is 376 g/mol. The van der Waals surface area contributed by atoms with Gasteiger partial charge in [0.1, 0.15) is 11.5 Å². The molecule has 3 unspecified atom stereocenters. The van der Waals surface area contributed by atoms with E-state index >= 15 is 0 Å². The van der Waals surface area contributed by atoms with Crippen molar-refractivity contribution in [2.75, 3.05) is 6.61 Å². The number of hydrogen-bond donors (Lipinski definition) is 0. The Morgan fingerprint density at radius 1 is 1.03 bits per heavy atom. The lowest BCUT2D eigenvalue weighted by Gasteiger charge is -2.38. The summed E-state index contributed by atoms with van der Waals surface area (Å²) in [6, 6.07) is 17.4. The van der Waals surface area contributed by atoms with Crippen molar-refractivity contribution in [1.29, 1.82) is 0 Å². The predicted molar refractivity (Wildman–Crippen MR) is 117 cm³/mol. The molecule has 0 N–H and O–H groups in total. The molecule has 1 saturated carbocycles. The number of benzene rings is 2. The van der Waals surface area contributed by atoms with E-state index in [0.717, 1.165) is 17.5 Å². The van der Waals surface area contributed by atoms with Crippen molar-refractivity contribution in [2.24, 2.45) is 11.3 Å². The lowest BCUT2D eigenvalue weighted by Crippen LogP contribution is -2.46. The van der Waals surface area contributed by atoms with Gasteiger partial charge >= 0.3 is 11.9 Å². The number of aryl methyl sites for hydroxylation is 1. The van der Waals surface area contributed by atoms with Gasteiger partial charge < -0.3 is 9.47 Å². The molecule has 1 fully saturated rings. The van der Waals surface area contributed by atoms with Crippen molar-refractivity contribution in [2.45, 2.75) is 59.0 Å². The Hall–Kier alpha value is -2.62. The highest BCUT2D eigenvalue weighted by molar-refractivity contribution is 5.91. The van der Waals surface area contributed by atoms with Crippen LogP contribution in [-0.2, 0) is 14.3 Å². The van der Waals surface area contributed by atoms with E-state index in [1.807, 2.05) is 76.2 Å². The summed E-state index contributed by atoms with van der Waals surface area (Å²) in [5.74, 6) is -0.517. The molecule has 3 atom stereocenters. The van der Waals surface area contributed by atoms with Crippen LogP contribution in [0.1, 0.15) is 67.4 Å². The maximum Gasteiger partial charge on any atom is 0.338 e. The number of ether oxygens (including phenoxy) is 2. The van der Waals surface area contributed by atoms with Crippen molar-refractivity contribution in [3.8, 4) is 0 Å².